The van der Waals surface area contributed by atoms with Crippen LogP contribution in [0.1, 0.15) is 24.7 Å². The first-order chi connectivity index (χ1) is 8.67. The van der Waals surface area contributed by atoms with Crippen molar-refractivity contribution in [1.29, 1.82) is 0 Å². The van der Waals surface area contributed by atoms with E-state index in [2.05, 4.69) is 21.9 Å². The number of nitrogens with two attached hydrogens (primary N) is 1. The van der Waals surface area contributed by atoms with E-state index in [1.165, 1.54) is 23.1 Å². The van der Waals surface area contributed by atoms with E-state index in [0.717, 1.165) is 24.2 Å². The van der Waals surface area contributed by atoms with Gasteiger partial charge < -0.3 is 10.7 Å². The molecule has 0 bridgehead atoms. The van der Waals surface area contributed by atoms with Crippen molar-refractivity contribution >= 4 is 28.2 Å². The Hall–Kier alpha value is -1.34. The third-order valence-electron chi connectivity index (χ3n) is 2.21. The van der Waals surface area contributed by atoms with Gasteiger partial charge in [0.1, 0.15) is 0 Å². The van der Waals surface area contributed by atoms with E-state index in [4.69, 9.17) is 5.73 Å². The molecule has 18 heavy (non-hydrogen) atoms. The van der Waals surface area contributed by atoms with Gasteiger partial charge >= 0.3 is 0 Å². The number of H-pyrrole nitrogens is 1. The average Bonchev–Trinajstić information content (AvgIpc) is 2.72. The third-order valence-corrected chi connectivity index (χ3v) is 3.84. The summed E-state index contributed by atoms with van der Waals surface area (Å²) in [5.74, 6) is 0.659. The Morgan fingerprint density at radius 1 is 1.44 bits per heavy atom. The number of nitrogens with zero attached hydrogens (tertiary/aromatic N) is 2. The van der Waals surface area contributed by atoms with Gasteiger partial charge in [-0.2, -0.15) is 0 Å². The van der Waals surface area contributed by atoms with E-state index < -0.39 is 0 Å². The monoisotopic (exact) mass is 282 g/mol. The number of rotatable bonds is 5. The second kappa shape index (κ2) is 6.01. The molecule has 0 aliphatic carbocycles. The highest BCUT2D eigenvalue weighted by atomic mass is 32.2. The molecule has 0 saturated carbocycles. The first-order valence-electron chi connectivity index (χ1n) is 5.60. The zero-order valence-electron chi connectivity index (χ0n) is 9.97. The topological polar surface area (TPSA) is 84.7 Å². The van der Waals surface area contributed by atoms with Crippen molar-refractivity contribution in [1.82, 2.24) is 15.0 Å². The van der Waals surface area contributed by atoms with Crippen LogP contribution in [0.25, 0.3) is 0 Å². The van der Waals surface area contributed by atoms with Crippen molar-refractivity contribution in [2.45, 2.75) is 30.7 Å². The van der Waals surface area contributed by atoms with Gasteiger partial charge in [-0.25, -0.2) is 9.97 Å². The van der Waals surface area contributed by atoms with Gasteiger partial charge in [0.25, 0.3) is 5.56 Å². The van der Waals surface area contributed by atoms with Gasteiger partial charge in [0, 0.05) is 22.9 Å². The molecule has 0 atom stereocenters. The molecule has 0 aromatic carbocycles. The highest BCUT2D eigenvalue weighted by Gasteiger charge is 2.04. The molecule has 0 saturated heterocycles. The average molecular weight is 282 g/mol. The van der Waals surface area contributed by atoms with Crippen molar-refractivity contribution in [2.24, 2.45) is 0 Å². The lowest BCUT2D eigenvalue weighted by Gasteiger charge is -2.01. The second-order valence-corrected chi connectivity index (χ2v) is 5.61. The van der Waals surface area contributed by atoms with Gasteiger partial charge in [0.2, 0.25) is 0 Å². The highest BCUT2D eigenvalue weighted by Crippen LogP contribution is 2.20. The number of aromatic amines is 1. The number of thiazole rings is 1. The number of aryl methyl sites for hydroxylation is 1. The molecule has 0 radical (unpaired) electrons. The van der Waals surface area contributed by atoms with Gasteiger partial charge in [-0.05, 0) is 6.42 Å². The predicted octanol–water partition coefficient (Wildman–Crippen LogP) is 2.05. The van der Waals surface area contributed by atoms with Crippen LogP contribution in [-0.4, -0.2) is 15.0 Å². The van der Waals surface area contributed by atoms with Crippen LogP contribution in [0.4, 0.5) is 5.13 Å². The van der Waals surface area contributed by atoms with Gasteiger partial charge in [0.15, 0.2) is 10.3 Å². The molecule has 0 aliphatic rings. The summed E-state index contributed by atoms with van der Waals surface area (Å²) < 4.78 is 0. The number of hydrogen-bond donors (Lipinski definition) is 2. The Morgan fingerprint density at radius 3 is 2.94 bits per heavy atom. The minimum absolute atomic E-state index is 0.103. The zero-order valence-corrected chi connectivity index (χ0v) is 11.6. The highest BCUT2D eigenvalue weighted by molar-refractivity contribution is 7.98. The van der Waals surface area contributed by atoms with E-state index in [0.29, 0.717) is 16.0 Å². The Labute approximate surface area is 113 Å². The maximum absolute atomic E-state index is 11.5. The predicted molar refractivity (Wildman–Crippen MR) is 74.9 cm³/mol. The first kappa shape index (κ1) is 13.1. The van der Waals surface area contributed by atoms with Crippen LogP contribution in [0.15, 0.2) is 21.4 Å². The maximum atomic E-state index is 11.5. The summed E-state index contributed by atoms with van der Waals surface area (Å²) in [7, 11) is 0. The molecule has 2 aromatic heterocycles. The van der Waals surface area contributed by atoms with Crippen LogP contribution in [0, 0.1) is 0 Å². The molecule has 3 N–H and O–H groups in total. The molecule has 2 heterocycles. The normalized spacial score (nSPS) is 10.7. The van der Waals surface area contributed by atoms with Crippen molar-refractivity contribution < 1.29 is 0 Å². The van der Waals surface area contributed by atoms with Crippen LogP contribution in [0.2, 0.25) is 0 Å². The van der Waals surface area contributed by atoms with Gasteiger partial charge in [-0.1, -0.05) is 25.1 Å². The standard InChI is InChI=1S/C11H14N4OS2/c1-2-3-7-4-9(16)15-11(14-7)18-6-8-5-17-10(12)13-8/h4-5H,2-3,6H2,1H3,(H2,12,13)(H,14,15,16). The van der Waals surface area contributed by atoms with Gasteiger partial charge in [0.05, 0.1) is 5.69 Å². The van der Waals surface area contributed by atoms with Crippen molar-refractivity contribution in [3.8, 4) is 0 Å². The Balaban J connectivity index is 2.06. The zero-order chi connectivity index (χ0) is 13.0. The summed E-state index contributed by atoms with van der Waals surface area (Å²) >= 11 is 2.88. The lowest BCUT2D eigenvalue weighted by atomic mass is 10.2. The van der Waals surface area contributed by atoms with Gasteiger partial charge in [-0.15, -0.1) is 11.3 Å². The number of nitrogens with one attached hydrogen (secondary N) is 1. The summed E-state index contributed by atoms with van der Waals surface area (Å²) in [6.45, 7) is 2.06. The SMILES string of the molecule is CCCc1cc(=O)[nH]c(SCc2csc(N)n2)n1. The minimum Gasteiger partial charge on any atom is -0.375 e. The Kier molecular flexibility index (Phi) is 4.38. The number of nitrogen functional groups attached to an aromatic ring is 1. The molecular formula is C11H14N4OS2. The largest absolute Gasteiger partial charge is 0.375 e. The molecule has 0 aliphatic heterocycles. The fourth-order valence-electron chi connectivity index (χ4n) is 1.47. The van der Waals surface area contributed by atoms with Crippen LogP contribution in [-0.2, 0) is 12.2 Å². The summed E-state index contributed by atoms with van der Waals surface area (Å²) in [6.07, 6.45) is 1.80. The van der Waals surface area contributed by atoms with Crippen LogP contribution < -0.4 is 11.3 Å². The number of thioether (sulfide) groups is 1. The number of anilines is 1. The molecule has 5 nitrogen and oxygen atoms in total. The lowest BCUT2D eigenvalue weighted by Crippen LogP contribution is -2.09. The van der Waals surface area contributed by atoms with Crippen molar-refractivity contribution in [2.75, 3.05) is 5.73 Å². The summed E-state index contributed by atoms with van der Waals surface area (Å²) in [5, 5.41) is 3.11. The van der Waals surface area contributed by atoms with Crippen LogP contribution in [0.5, 0.6) is 0 Å². The Bertz CT molecular complexity index is 578. The fourth-order valence-corrected chi connectivity index (χ4v) is 2.92. The lowest BCUT2D eigenvalue weighted by molar-refractivity contribution is 0.815. The molecule has 0 amide bonds. The van der Waals surface area contributed by atoms with E-state index >= 15 is 0 Å². The van der Waals surface area contributed by atoms with E-state index in [1.807, 2.05) is 5.38 Å². The molecule has 0 fully saturated rings. The van der Waals surface area contributed by atoms with E-state index in [-0.39, 0.29) is 5.56 Å². The molecule has 2 aromatic rings. The molecule has 0 spiro atoms. The first-order valence-corrected chi connectivity index (χ1v) is 7.47. The summed E-state index contributed by atoms with van der Waals surface area (Å²) in [6, 6.07) is 1.55. The molecular weight excluding hydrogens is 268 g/mol. The quantitative estimate of drug-likeness (QED) is 0.647. The molecule has 7 heteroatoms. The summed E-state index contributed by atoms with van der Waals surface area (Å²) in [5.41, 5.74) is 7.20. The number of hydrogen-bond acceptors (Lipinski definition) is 6. The summed E-state index contributed by atoms with van der Waals surface area (Å²) in [4.78, 5) is 22.7. The fraction of sp³-hybridized carbons (Fsp3) is 0.364. The van der Waals surface area contributed by atoms with Crippen molar-refractivity contribution in [3.63, 3.8) is 0 Å². The number of aromatic nitrogens is 3. The van der Waals surface area contributed by atoms with Crippen LogP contribution in [0.3, 0.4) is 0 Å². The van der Waals surface area contributed by atoms with Crippen molar-refractivity contribution in [3.05, 3.63) is 33.2 Å². The van der Waals surface area contributed by atoms with Crippen LogP contribution >= 0.6 is 23.1 Å². The van der Waals surface area contributed by atoms with E-state index in [9.17, 15) is 4.79 Å². The molecule has 96 valence electrons. The van der Waals surface area contributed by atoms with Gasteiger partial charge in [-0.3, -0.25) is 4.79 Å². The molecule has 2 rings (SSSR count). The van der Waals surface area contributed by atoms with E-state index in [1.54, 1.807) is 6.07 Å². The molecule has 0 unspecified atom stereocenters. The maximum Gasteiger partial charge on any atom is 0.251 e. The smallest absolute Gasteiger partial charge is 0.251 e. The Morgan fingerprint density at radius 2 is 2.28 bits per heavy atom. The third kappa shape index (κ3) is 3.58. The second-order valence-electron chi connectivity index (χ2n) is 3.76. The minimum atomic E-state index is -0.103.